The van der Waals surface area contributed by atoms with Crippen molar-refractivity contribution in [2.45, 2.75) is 20.4 Å². The molecule has 1 aliphatic rings. The van der Waals surface area contributed by atoms with Crippen molar-refractivity contribution < 1.29 is 0 Å². The highest BCUT2D eigenvalue weighted by Gasteiger charge is 2.11. The molecule has 1 aromatic rings. The Morgan fingerprint density at radius 2 is 2.13 bits per heavy atom. The highest BCUT2D eigenvalue weighted by Crippen LogP contribution is 2.25. The smallest absolute Gasteiger partial charge is 0.0392 e. The Kier molecular flexibility index (Phi) is 3.07. The van der Waals surface area contributed by atoms with Crippen LogP contribution in [0.3, 0.4) is 0 Å². The standard InChI is InChI=1S/C13H18N2/c1-3-4-11-10(2)5-6-13-12(11)9-14-7-8-15-13/h3-6,14-15H,7-9H2,1-2H3/b4-3-. The summed E-state index contributed by atoms with van der Waals surface area (Å²) in [5.41, 5.74) is 5.37. The van der Waals surface area contributed by atoms with E-state index >= 15 is 0 Å². The van der Waals surface area contributed by atoms with Gasteiger partial charge < -0.3 is 10.6 Å². The molecule has 0 spiro atoms. The van der Waals surface area contributed by atoms with Crippen molar-refractivity contribution in [2.24, 2.45) is 0 Å². The third-order valence-electron chi connectivity index (χ3n) is 2.83. The van der Waals surface area contributed by atoms with E-state index in [4.69, 9.17) is 0 Å². The van der Waals surface area contributed by atoms with Gasteiger partial charge in [-0.15, -0.1) is 0 Å². The van der Waals surface area contributed by atoms with Crippen molar-refractivity contribution in [3.8, 4) is 0 Å². The predicted octanol–water partition coefficient (Wildman–Crippen LogP) is 2.54. The van der Waals surface area contributed by atoms with Crippen LogP contribution in [0.15, 0.2) is 18.2 Å². The molecule has 0 saturated heterocycles. The zero-order chi connectivity index (χ0) is 10.7. The van der Waals surface area contributed by atoms with Crippen LogP contribution in [0, 0.1) is 6.92 Å². The summed E-state index contributed by atoms with van der Waals surface area (Å²) in [5.74, 6) is 0. The Balaban J connectivity index is 2.51. The summed E-state index contributed by atoms with van der Waals surface area (Å²) in [6.07, 6.45) is 4.30. The lowest BCUT2D eigenvalue weighted by Crippen LogP contribution is -2.17. The Morgan fingerprint density at radius 3 is 2.93 bits per heavy atom. The summed E-state index contributed by atoms with van der Waals surface area (Å²) >= 11 is 0. The van der Waals surface area contributed by atoms with Gasteiger partial charge in [0.05, 0.1) is 0 Å². The highest BCUT2D eigenvalue weighted by molar-refractivity contribution is 5.67. The fourth-order valence-corrected chi connectivity index (χ4v) is 2.04. The van der Waals surface area contributed by atoms with E-state index in [1.165, 1.54) is 22.4 Å². The first-order valence-corrected chi connectivity index (χ1v) is 5.52. The van der Waals surface area contributed by atoms with Gasteiger partial charge in [-0.3, -0.25) is 0 Å². The van der Waals surface area contributed by atoms with E-state index in [-0.39, 0.29) is 0 Å². The molecule has 2 rings (SSSR count). The lowest BCUT2D eigenvalue weighted by Gasteiger charge is -2.13. The third kappa shape index (κ3) is 2.05. The van der Waals surface area contributed by atoms with Gasteiger partial charge in [0.15, 0.2) is 0 Å². The molecular formula is C13H18N2. The van der Waals surface area contributed by atoms with Crippen molar-refractivity contribution in [2.75, 3.05) is 18.4 Å². The minimum absolute atomic E-state index is 0.962. The van der Waals surface area contributed by atoms with E-state index in [0.29, 0.717) is 0 Å². The number of aryl methyl sites for hydroxylation is 1. The van der Waals surface area contributed by atoms with Crippen molar-refractivity contribution in [1.29, 1.82) is 0 Å². The quantitative estimate of drug-likeness (QED) is 0.731. The van der Waals surface area contributed by atoms with Crippen LogP contribution in [0.1, 0.15) is 23.6 Å². The van der Waals surface area contributed by atoms with Gasteiger partial charge >= 0.3 is 0 Å². The van der Waals surface area contributed by atoms with Crippen LogP contribution < -0.4 is 10.6 Å². The van der Waals surface area contributed by atoms with E-state index in [9.17, 15) is 0 Å². The molecule has 0 bridgehead atoms. The van der Waals surface area contributed by atoms with Gasteiger partial charge in [-0.2, -0.15) is 0 Å². The Hall–Kier alpha value is -1.28. The van der Waals surface area contributed by atoms with Crippen LogP contribution >= 0.6 is 0 Å². The maximum Gasteiger partial charge on any atom is 0.0392 e. The molecule has 0 amide bonds. The van der Waals surface area contributed by atoms with Gasteiger partial charge in [-0.1, -0.05) is 18.2 Å². The zero-order valence-corrected chi connectivity index (χ0v) is 9.43. The highest BCUT2D eigenvalue weighted by atomic mass is 15.0. The molecule has 0 atom stereocenters. The molecule has 2 heteroatoms. The topological polar surface area (TPSA) is 24.1 Å². The van der Waals surface area contributed by atoms with Gasteiger partial charge in [-0.25, -0.2) is 0 Å². The van der Waals surface area contributed by atoms with Crippen LogP contribution in [0.5, 0.6) is 0 Å². The predicted molar refractivity (Wildman–Crippen MR) is 66.1 cm³/mol. The molecule has 15 heavy (non-hydrogen) atoms. The molecule has 1 heterocycles. The summed E-state index contributed by atoms with van der Waals surface area (Å²) < 4.78 is 0. The van der Waals surface area contributed by atoms with Crippen LogP contribution in [0.25, 0.3) is 6.08 Å². The van der Waals surface area contributed by atoms with Crippen molar-refractivity contribution >= 4 is 11.8 Å². The second-order valence-electron chi connectivity index (χ2n) is 3.93. The number of anilines is 1. The second kappa shape index (κ2) is 4.49. The number of hydrogen-bond donors (Lipinski definition) is 2. The van der Waals surface area contributed by atoms with E-state index < -0.39 is 0 Å². The van der Waals surface area contributed by atoms with Gasteiger partial charge in [-0.05, 0) is 36.6 Å². The van der Waals surface area contributed by atoms with Crippen LogP contribution in [0.2, 0.25) is 0 Å². The molecule has 0 unspecified atom stereocenters. The molecule has 0 saturated carbocycles. The zero-order valence-electron chi connectivity index (χ0n) is 9.43. The van der Waals surface area contributed by atoms with Gasteiger partial charge in [0, 0.05) is 25.3 Å². The minimum atomic E-state index is 0.962. The summed E-state index contributed by atoms with van der Waals surface area (Å²) in [7, 11) is 0. The molecule has 0 fully saturated rings. The molecule has 2 N–H and O–H groups in total. The number of allylic oxidation sites excluding steroid dienone is 1. The average molecular weight is 202 g/mol. The second-order valence-corrected chi connectivity index (χ2v) is 3.93. The molecule has 80 valence electrons. The lowest BCUT2D eigenvalue weighted by atomic mass is 9.99. The normalized spacial score (nSPS) is 15.9. The summed E-state index contributed by atoms with van der Waals surface area (Å²) in [5, 5.41) is 6.89. The number of rotatable bonds is 1. The Morgan fingerprint density at radius 1 is 1.27 bits per heavy atom. The molecule has 0 aliphatic carbocycles. The lowest BCUT2D eigenvalue weighted by molar-refractivity contribution is 0.724. The number of hydrogen-bond acceptors (Lipinski definition) is 2. The van der Waals surface area contributed by atoms with Crippen molar-refractivity contribution in [3.63, 3.8) is 0 Å². The van der Waals surface area contributed by atoms with E-state index in [0.717, 1.165) is 19.6 Å². The molecule has 2 nitrogen and oxygen atoms in total. The molecule has 0 aromatic heterocycles. The number of nitrogens with one attached hydrogen (secondary N) is 2. The van der Waals surface area contributed by atoms with Crippen LogP contribution in [-0.4, -0.2) is 13.1 Å². The summed E-state index contributed by atoms with van der Waals surface area (Å²) in [4.78, 5) is 0. The average Bonchev–Trinajstić information content (AvgIpc) is 2.47. The minimum Gasteiger partial charge on any atom is -0.383 e. The van der Waals surface area contributed by atoms with Gasteiger partial charge in [0.2, 0.25) is 0 Å². The molecule has 1 aromatic carbocycles. The maximum atomic E-state index is 3.45. The summed E-state index contributed by atoms with van der Waals surface area (Å²) in [6, 6.07) is 4.37. The first-order chi connectivity index (χ1) is 7.33. The Labute approximate surface area is 91.4 Å². The van der Waals surface area contributed by atoms with E-state index in [1.54, 1.807) is 0 Å². The SMILES string of the molecule is C/C=C\c1c(C)ccc2c1CNCCN2. The Bertz CT molecular complexity index is 380. The number of benzene rings is 1. The maximum absolute atomic E-state index is 3.45. The van der Waals surface area contributed by atoms with Crippen molar-refractivity contribution in [3.05, 3.63) is 34.9 Å². The first-order valence-electron chi connectivity index (χ1n) is 5.52. The number of fused-ring (bicyclic) bond motifs is 1. The molecular weight excluding hydrogens is 184 g/mol. The molecule has 0 radical (unpaired) electrons. The third-order valence-corrected chi connectivity index (χ3v) is 2.83. The van der Waals surface area contributed by atoms with E-state index in [1.807, 2.05) is 0 Å². The summed E-state index contributed by atoms with van der Waals surface area (Å²) in [6.45, 7) is 7.23. The van der Waals surface area contributed by atoms with Crippen LogP contribution in [0.4, 0.5) is 5.69 Å². The largest absolute Gasteiger partial charge is 0.383 e. The van der Waals surface area contributed by atoms with E-state index in [2.05, 4.69) is 48.8 Å². The van der Waals surface area contributed by atoms with Crippen molar-refractivity contribution in [1.82, 2.24) is 5.32 Å². The van der Waals surface area contributed by atoms with Gasteiger partial charge in [0.1, 0.15) is 0 Å². The fraction of sp³-hybridized carbons (Fsp3) is 0.385. The molecule has 1 aliphatic heterocycles. The van der Waals surface area contributed by atoms with Crippen LogP contribution in [-0.2, 0) is 6.54 Å². The monoisotopic (exact) mass is 202 g/mol. The van der Waals surface area contributed by atoms with Gasteiger partial charge in [0.25, 0.3) is 0 Å². The first kappa shape index (κ1) is 10.2. The fourth-order valence-electron chi connectivity index (χ4n) is 2.04.